The van der Waals surface area contributed by atoms with Gasteiger partial charge in [-0.2, -0.15) is 0 Å². The van der Waals surface area contributed by atoms with Crippen molar-refractivity contribution in [3.05, 3.63) is 425 Å². The van der Waals surface area contributed by atoms with Crippen LogP contribution < -0.4 is 15.6 Å². The maximum Gasteiger partial charge on any atom is 0.251 e. The van der Waals surface area contributed by atoms with Gasteiger partial charge in [0.1, 0.15) is 38.9 Å². The number of furan rings is 3. The number of nitrogens with zero attached hydrogens (tertiary/aromatic N) is 9. The molecule has 0 saturated heterocycles. The number of anilines is 3. The van der Waals surface area contributed by atoms with E-state index in [1.807, 2.05) is 60.7 Å². The van der Waals surface area contributed by atoms with Gasteiger partial charge in [-0.1, -0.05) is 188 Å². The highest BCUT2D eigenvalue weighted by Crippen LogP contribution is 2.54. The first-order chi connectivity index (χ1) is 66.7. The largest absolute Gasteiger partial charge is 0.456 e. The maximum atomic E-state index is 16.5. The SMILES string of the molecule is Cn1c2ccccc2c2c3c4ccccc4n(-c4ccc(P(=O)(c5ccccn5)n5c6ccccc6c6c7c8ccccc8n(C)c7ccc65)cc4)c3ccc21.c1ccc2c(c1)oc1cc3c4ccccc4n(-c4ccc(N(c5ccc(-n6c7ccccc7c7cc8oc9ccccc9c8cc76)cc5)c5ccc(-n6c7ccccc7c7cc8oc9ccccc9c8cc76)cc5)cc4)c3cc12. The van der Waals surface area contributed by atoms with Gasteiger partial charge in [-0.05, 0) is 231 Å². The molecule has 0 aliphatic rings. The highest BCUT2D eigenvalue weighted by molar-refractivity contribution is 7.77. The molecule has 13 nitrogen and oxygen atoms in total. The van der Waals surface area contributed by atoms with Gasteiger partial charge in [0.15, 0.2) is 0 Å². The molecule has 0 spiro atoms. The van der Waals surface area contributed by atoms with Crippen LogP contribution in [0, 0.1) is 0 Å². The summed E-state index contributed by atoms with van der Waals surface area (Å²) in [5.41, 5.74) is 28.9. The van der Waals surface area contributed by atoms with Crippen molar-refractivity contribution >= 4 is 254 Å². The topological polar surface area (TPSA) is 107 Å². The summed E-state index contributed by atoms with van der Waals surface area (Å²) in [6, 6.07) is 149. The second-order valence-corrected chi connectivity index (χ2v) is 38.2. The summed E-state index contributed by atoms with van der Waals surface area (Å²) in [6.07, 6.45) is 1.75. The first kappa shape index (κ1) is 75.2. The Hall–Kier alpha value is -17.6. The van der Waals surface area contributed by atoms with Gasteiger partial charge in [0.05, 0.1) is 55.2 Å². The molecule has 1 unspecified atom stereocenters. The van der Waals surface area contributed by atoms with Crippen LogP contribution in [-0.4, -0.2) is 36.7 Å². The summed E-state index contributed by atoms with van der Waals surface area (Å²) < 4.78 is 51.9. The number of hydrogen-bond donors (Lipinski definition) is 0. The standard InChI is InChI=1S/C72H42N4O3.C49H34N5OP/c1-7-19-61-49(13-1)55-40-70-58(52-16-4-10-22-67(52)77-70)37-64(55)74(61)46-31-25-43(26-32-46)73(44-27-33-47(34-28-44)75-62-20-8-2-14-50(62)56-41-71-59(38-65(56)75)53-17-5-11-23-68(53)78-71)45-29-35-48(36-30-45)76-63-21-9-3-15-51(63)57-42-72-60(39-66(57)76)54-18-6-12-24-69(54)79-72;1-51-37-17-7-3-13-33(37)46-41(51)26-28-43-48(46)35-15-5-9-19-39(35)53(43)31-22-24-32(25-23-31)56(55,45-21-11-12-30-50-45)54-40-20-10-6-16-36(40)49-44(54)29-27-42-47(49)34-14-4-8-18-38(34)52(42)2/h1-42H;3-30H,1-2H3. The van der Waals surface area contributed by atoms with Crippen LogP contribution in [-0.2, 0) is 18.7 Å². The Labute approximate surface area is 769 Å². The third-order valence-corrected chi connectivity index (χ3v) is 31.6. The van der Waals surface area contributed by atoms with E-state index in [1.54, 1.807) is 6.20 Å². The van der Waals surface area contributed by atoms with Gasteiger partial charge in [0, 0.05) is 195 Å². The molecule has 1 atom stereocenters. The molecule has 0 amide bonds. The van der Waals surface area contributed by atoms with Gasteiger partial charge in [0.2, 0.25) is 0 Å². The van der Waals surface area contributed by atoms with Crippen LogP contribution in [0.3, 0.4) is 0 Å². The second-order valence-electron chi connectivity index (χ2n) is 35.7. The Kier molecular flexibility index (Phi) is 15.8. The van der Waals surface area contributed by atoms with Crippen molar-refractivity contribution in [2.24, 2.45) is 14.1 Å². The van der Waals surface area contributed by atoms with Crippen LogP contribution in [0.5, 0.6) is 0 Å². The lowest BCUT2D eigenvalue weighted by Gasteiger charge is -2.26. The maximum absolute atomic E-state index is 16.5. The van der Waals surface area contributed by atoms with Gasteiger partial charge >= 0.3 is 0 Å². The van der Waals surface area contributed by atoms with Gasteiger partial charge < -0.3 is 45.6 Å². The Bertz CT molecular complexity index is 9800. The predicted molar refractivity (Wildman–Crippen MR) is 561 cm³/mol. The number of fused-ring (bicyclic) bond motifs is 32. The molecule has 0 N–H and O–H groups in total. The summed E-state index contributed by atoms with van der Waals surface area (Å²) in [4.78, 5) is 7.19. The van der Waals surface area contributed by atoms with Crippen LogP contribution in [0.4, 0.5) is 17.1 Å². The van der Waals surface area contributed by atoms with E-state index in [1.165, 1.54) is 65.0 Å². The molecule has 0 bridgehead atoms. The monoisotopic (exact) mass is 1750 g/mol. The Morgan fingerprint density at radius 3 is 0.904 bits per heavy atom. The molecule has 11 heterocycles. The Morgan fingerprint density at radius 1 is 0.222 bits per heavy atom. The van der Waals surface area contributed by atoms with Crippen LogP contribution in [0.25, 0.3) is 241 Å². The van der Waals surface area contributed by atoms with E-state index in [0.29, 0.717) is 5.44 Å². The third kappa shape index (κ3) is 10.7. The smallest absolute Gasteiger partial charge is 0.251 e. The Morgan fingerprint density at radius 2 is 0.511 bits per heavy atom. The number of rotatable bonds is 10. The van der Waals surface area contributed by atoms with Gasteiger partial charge in [0.25, 0.3) is 7.29 Å². The summed E-state index contributed by atoms with van der Waals surface area (Å²) in [5.74, 6) is 0. The van der Waals surface area contributed by atoms with Crippen molar-refractivity contribution in [2.75, 3.05) is 4.90 Å². The molecule has 19 aromatic carbocycles. The molecule has 14 heteroatoms. The molecule has 11 aromatic heterocycles. The van der Waals surface area contributed by atoms with Crippen molar-refractivity contribution < 1.29 is 17.8 Å². The molecular weight excluding hydrogens is 1670 g/mol. The molecule has 0 saturated carbocycles. The Balaban J connectivity index is 0.000000139. The first-order valence-corrected chi connectivity index (χ1v) is 47.4. The quantitative estimate of drug-likeness (QED) is 0.126. The molecule has 30 aromatic rings. The fraction of sp³-hybridized carbons (Fsp3) is 0.0165. The molecule has 0 fully saturated rings. The predicted octanol–water partition coefficient (Wildman–Crippen LogP) is 31.5. The first-order valence-electron chi connectivity index (χ1n) is 45.8. The summed E-state index contributed by atoms with van der Waals surface area (Å²) in [7, 11) is 0.657. The van der Waals surface area contributed by atoms with E-state index < -0.39 is 7.29 Å². The summed E-state index contributed by atoms with van der Waals surface area (Å²) >= 11 is 0. The lowest BCUT2D eigenvalue weighted by atomic mass is 10.1. The third-order valence-electron chi connectivity index (χ3n) is 28.7. The van der Waals surface area contributed by atoms with Gasteiger partial charge in [-0.15, -0.1) is 0 Å². The molecule has 634 valence electrons. The average Bonchev–Trinajstić information content (AvgIpc) is 1.54. The lowest BCUT2D eigenvalue weighted by molar-refractivity contribution is 0.583. The number of aryl methyl sites for hydroxylation is 2. The van der Waals surface area contributed by atoms with E-state index >= 15 is 4.57 Å². The van der Waals surface area contributed by atoms with Crippen molar-refractivity contribution in [1.82, 2.24) is 36.7 Å². The number of hydrogen-bond acceptors (Lipinski definition) is 6. The molecule has 0 aliphatic carbocycles. The van der Waals surface area contributed by atoms with Crippen LogP contribution in [0.15, 0.2) is 438 Å². The molecule has 135 heavy (non-hydrogen) atoms. The normalized spacial score (nSPS) is 12.8. The number of aromatic nitrogens is 8. The zero-order valence-corrected chi connectivity index (χ0v) is 73.9. The second kappa shape index (κ2) is 28.4. The lowest BCUT2D eigenvalue weighted by Crippen LogP contribution is -2.23. The van der Waals surface area contributed by atoms with Gasteiger partial charge in [-0.3, -0.25) is 13.9 Å². The minimum absolute atomic E-state index is 0.545. The van der Waals surface area contributed by atoms with Crippen molar-refractivity contribution in [3.63, 3.8) is 0 Å². The average molecular weight is 1750 g/mol. The number of benzene rings is 19. The van der Waals surface area contributed by atoms with E-state index in [2.05, 4.69) is 409 Å². The molecule has 0 aliphatic heterocycles. The zero-order valence-electron chi connectivity index (χ0n) is 73.0. The zero-order chi connectivity index (χ0) is 88.7. The minimum Gasteiger partial charge on any atom is -0.456 e. The molecule has 0 radical (unpaired) electrons. The fourth-order valence-electron chi connectivity index (χ4n) is 22.8. The molecular formula is C121H76N9O4P. The van der Waals surface area contributed by atoms with E-state index in [-0.39, 0.29) is 0 Å². The van der Waals surface area contributed by atoms with Crippen LogP contribution in [0.2, 0.25) is 0 Å². The fourth-order valence-corrected chi connectivity index (χ4v) is 25.5. The van der Waals surface area contributed by atoms with Crippen molar-refractivity contribution in [1.29, 1.82) is 0 Å². The summed E-state index contributed by atoms with van der Waals surface area (Å²) in [6.45, 7) is 0. The van der Waals surface area contributed by atoms with E-state index in [4.69, 9.17) is 18.2 Å². The van der Waals surface area contributed by atoms with Crippen LogP contribution >= 0.6 is 7.29 Å². The van der Waals surface area contributed by atoms with Crippen molar-refractivity contribution in [2.45, 2.75) is 0 Å². The number of para-hydroxylation sites is 10. The highest BCUT2D eigenvalue weighted by Gasteiger charge is 2.36. The summed E-state index contributed by atoms with van der Waals surface area (Å²) in [5, 5.41) is 23.9. The number of pyridine rings is 1. The van der Waals surface area contributed by atoms with Crippen molar-refractivity contribution in [3.8, 4) is 22.7 Å². The van der Waals surface area contributed by atoms with E-state index in [0.717, 1.165) is 199 Å². The van der Waals surface area contributed by atoms with Crippen LogP contribution in [0.1, 0.15) is 0 Å². The highest BCUT2D eigenvalue weighted by atomic mass is 31.2. The molecule has 30 rings (SSSR count). The van der Waals surface area contributed by atoms with Gasteiger partial charge in [-0.25, -0.2) is 0 Å². The minimum atomic E-state index is -3.61. The van der Waals surface area contributed by atoms with E-state index in [9.17, 15) is 0 Å².